The first kappa shape index (κ1) is 13.9. The maximum absolute atomic E-state index is 4.44. The average molecular weight is 316 g/mol. The van der Waals surface area contributed by atoms with Gasteiger partial charge in [0.15, 0.2) is 0 Å². The molecule has 3 rings (SSSR count). The third kappa shape index (κ3) is 3.17. The Bertz CT molecular complexity index is 805. The standard InChI is InChI=1S/C13H12N6S2/c1-8-12(15-16-13-14-9(2)18-21-13)7-19(17-8)10-4-3-5-11(20)6-10/h3-7,20H,1-2H3. The van der Waals surface area contributed by atoms with Crippen molar-refractivity contribution in [3.8, 4) is 5.69 Å². The molecule has 0 bridgehead atoms. The van der Waals surface area contributed by atoms with E-state index in [9.17, 15) is 0 Å². The van der Waals surface area contributed by atoms with Crippen molar-refractivity contribution in [2.75, 3.05) is 0 Å². The van der Waals surface area contributed by atoms with Gasteiger partial charge in [-0.25, -0.2) is 9.67 Å². The van der Waals surface area contributed by atoms with Crippen molar-refractivity contribution in [1.82, 2.24) is 19.1 Å². The van der Waals surface area contributed by atoms with Gasteiger partial charge in [-0.15, -0.1) is 22.9 Å². The summed E-state index contributed by atoms with van der Waals surface area (Å²) >= 11 is 5.55. The van der Waals surface area contributed by atoms with Crippen LogP contribution in [0.3, 0.4) is 0 Å². The molecule has 0 amide bonds. The molecule has 0 fully saturated rings. The van der Waals surface area contributed by atoms with Crippen LogP contribution < -0.4 is 0 Å². The topological polar surface area (TPSA) is 68.3 Å². The van der Waals surface area contributed by atoms with Crippen molar-refractivity contribution in [2.24, 2.45) is 10.2 Å². The number of hydrogen-bond donors (Lipinski definition) is 1. The van der Waals surface area contributed by atoms with Crippen molar-refractivity contribution in [3.05, 3.63) is 42.0 Å². The minimum Gasteiger partial charge on any atom is -0.238 e. The second-order valence-electron chi connectivity index (χ2n) is 4.39. The summed E-state index contributed by atoms with van der Waals surface area (Å²) in [6.45, 7) is 3.71. The number of thiol groups is 1. The smallest absolute Gasteiger partial charge is 0.238 e. The van der Waals surface area contributed by atoms with Gasteiger partial charge >= 0.3 is 0 Å². The maximum atomic E-state index is 4.44. The highest BCUT2D eigenvalue weighted by molar-refractivity contribution is 7.80. The molecule has 8 heteroatoms. The fraction of sp³-hybridized carbons (Fsp3) is 0.154. The molecule has 21 heavy (non-hydrogen) atoms. The molecule has 0 aliphatic heterocycles. The molecule has 3 aromatic rings. The highest BCUT2D eigenvalue weighted by atomic mass is 32.1. The Morgan fingerprint density at radius 3 is 2.81 bits per heavy atom. The van der Waals surface area contributed by atoms with Crippen LogP contribution in [-0.4, -0.2) is 19.1 Å². The molecule has 0 saturated carbocycles. The van der Waals surface area contributed by atoms with Crippen LogP contribution in [0.15, 0.2) is 45.6 Å². The van der Waals surface area contributed by atoms with Crippen molar-refractivity contribution >= 4 is 35.0 Å². The summed E-state index contributed by atoms with van der Waals surface area (Å²) < 4.78 is 5.82. The van der Waals surface area contributed by atoms with E-state index in [0.29, 0.717) is 16.6 Å². The SMILES string of the molecule is Cc1nsc(N=Nc2cn(-c3cccc(S)c3)nc2C)n1. The molecule has 0 radical (unpaired) electrons. The zero-order valence-electron chi connectivity index (χ0n) is 11.4. The zero-order chi connectivity index (χ0) is 14.8. The summed E-state index contributed by atoms with van der Waals surface area (Å²) in [6, 6.07) is 7.74. The van der Waals surface area contributed by atoms with E-state index in [1.807, 2.05) is 44.3 Å². The fourth-order valence-electron chi connectivity index (χ4n) is 1.74. The van der Waals surface area contributed by atoms with Gasteiger partial charge in [-0.1, -0.05) is 6.07 Å². The van der Waals surface area contributed by atoms with E-state index in [4.69, 9.17) is 0 Å². The van der Waals surface area contributed by atoms with Gasteiger partial charge in [-0.3, -0.25) is 0 Å². The molecular weight excluding hydrogens is 304 g/mol. The van der Waals surface area contributed by atoms with Gasteiger partial charge in [0.25, 0.3) is 0 Å². The summed E-state index contributed by atoms with van der Waals surface area (Å²) in [6.07, 6.45) is 1.83. The molecule has 1 aromatic carbocycles. The number of aryl methyl sites for hydroxylation is 2. The van der Waals surface area contributed by atoms with Gasteiger partial charge < -0.3 is 0 Å². The average Bonchev–Trinajstić information content (AvgIpc) is 3.03. The van der Waals surface area contributed by atoms with E-state index in [-0.39, 0.29) is 0 Å². The van der Waals surface area contributed by atoms with Crippen LogP contribution in [0.1, 0.15) is 11.5 Å². The third-order valence-electron chi connectivity index (χ3n) is 2.73. The molecular formula is C13H12N6S2. The van der Waals surface area contributed by atoms with Gasteiger partial charge in [0, 0.05) is 16.4 Å². The van der Waals surface area contributed by atoms with Gasteiger partial charge in [0.1, 0.15) is 11.5 Å². The number of azo groups is 1. The van der Waals surface area contributed by atoms with Crippen LogP contribution in [0.25, 0.3) is 5.69 Å². The van der Waals surface area contributed by atoms with Crippen LogP contribution in [-0.2, 0) is 0 Å². The maximum Gasteiger partial charge on any atom is 0.249 e. The van der Waals surface area contributed by atoms with E-state index in [1.165, 1.54) is 11.5 Å². The van der Waals surface area contributed by atoms with E-state index in [0.717, 1.165) is 16.3 Å². The predicted molar refractivity (Wildman–Crippen MR) is 84.4 cm³/mol. The van der Waals surface area contributed by atoms with Gasteiger partial charge in [0.05, 0.1) is 17.6 Å². The lowest BCUT2D eigenvalue weighted by molar-refractivity contribution is 0.860. The lowest BCUT2D eigenvalue weighted by Gasteiger charge is -2.00. The van der Waals surface area contributed by atoms with Crippen LogP contribution >= 0.6 is 24.2 Å². The van der Waals surface area contributed by atoms with E-state index >= 15 is 0 Å². The molecule has 6 nitrogen and oxygen atoms in total. The van der Waals surface area contributed by atoms with Gasteiger partial charge in [0.2, 0.25) is 5.13 Å². The predicted octanol–water partition coefficient (Wildman–Crippen LogP) is 4.04. The summed E-state index contributed by atoms with van der Waals surface area (Å²) in [5.74, 6) is 0.701. The van der Waals surface area contributed by atoms with E-state index < -0.39 is 0 Å². The number of nitrogens with zero attached hydrogens (tertiary/aromatic N) is 6. The van der Waals surface area contributed by atoms with Crippen LogP contribution in [0, 0.1) is 13.8 Å². The normalized spacial score (nSPS) is 11.4. The Kier molecular flexibility index (Phi) is 3.80. The van der Waals surface area contributed by atoms with Gasteiger partial charge in [-0.05, 0) is 32.0 Å². The number of aromatic nitrogens is 4. The molecule has 0 aliphatic carbocycles. The highest BCUT2D eigenvalue weighted by Gasteiger charge is 2.06. The second kappa shape index (κ2) is 5.74. The molecule has 0 unspecified atom stereocenters. The second-order valence-corrected chi connectivity index (χ2v) is 5.64. The van der Waals surface area contributed by atoms with Crippen molar-refractivity contribution in [3.63, 3.8) is 0 Å². The van der Waals surface area contributed by atoms with Crippen LogP contribution in [0.5, 0.6) is 0 Å². The first-order chi connectivity index (χ1) is 10.1. The van der Waals surface area contributed by atoms with Crippen molar-refractivity contribution < 1.29 is 0 Å². The van der Waals surface area contributed by atoms with E-state index in [2.05, 4.69) is 37.3 Å². The van der Waals surface area contributed by atoms with Crippen molar-refractivity contribution in [1.29, 1.82) is 0 Å². The Hall–Kier alpha value is -2.06. The monoisotopic (exact) mass is 316 g/mol. The van der Waals surface area contributed by atoms with Crippen LogP contribution in [0.2, 0.25) is 0 Å². The summed E-state index contributed by atoms with van der Waals surface area (Å²) in [5, 5.41) is 13.2. The lowest BCUT2D eigenvalue weighted by Crippen LogP contribution is -1.94. The minimum atomic E-state index is 0.539. The molecule has 0 spiro atoms. The first-order valence-corrected chi connectivity index (χ1v) is 7.41. The molecule has 0 N–H and O–H groups in total. The Morgan fingerprint density at radius 2 is 2.10 bits per heavy atom. The third-order valence-corrected chi connectivity index (χ3v) is 3.70. The minimum absolute atomic E-state index is 0.539. The largest absolute Gasteiger partial charge is 0.249 e. The summed E-state index contributed by atoms with van der Waals surface area (Å²) in [7, 11) is 0. The highest BCUT2D eigenvalue weighted by Crippen LogP contribution is 2.24. The Labute approximate surface area is 131 Å². The Morgan fingerprint density at radius 1 is 1.24 bits per heavy atom. The quantitative estimate of drug-likeness (QED) is 0.585. The summed E-state index contributed by atoms with van der Waals surface area (Å²) in [5.41, 5.74) is 2.43. The van der Waals surface area contributed by atoms with Gasteiger partial charge in [-0.2, -0.15) is 9.47 Å². The fourth-order valence-corrected chi connectivity index (χ4v) is 2.46. The molecule has 0 saturated heterocycles. The number of rotatable bonds is 3. The van der Waals surface area contributed by atoms with Crippen molar-refractivity contribution in [2.45, 2.75) is 18.7 Å². The molecule has 0 aliphatic rings. The molecule has 2 heterocycles. The number of hydrogen-bond acceptors (Lipinski definition) is 7. The molecule has 2 aromatic heterocycles. The lowest BCUT2D eigenvalue weighted by atomic mass is 10.3. The number of benzene rings is 1. The zero-order valence-corrected chi connectivity index (χ0v) is 13.1. The van der Waals surface area contributed by atoms with Crippen LogP contribution in [0.4, 0.5) is 10.8 Å². The molecule has 0 atom stereocenters. The first-order valence-electron chi connectivity index (χ1n) is 6.19. The van der Waals surface area contributed by atoms with E-state index in [1.54, 1.807) is 4.68 Å². The summed E-state index contributed by atoms with van der Waals surface area (Å²) in [4.78, 5) is 5.02. The molecule has 106 valence electrons. The Balaban J connectivity index is 1.89.